The summed E-state index contributed by atoms with van der Waals surface area (Å²) >= 11 is 0. The van der Waals surface area contributed by atoms with Crippen LogP contribution in [0.4, 0.5) is 13.2 Å². The zero-order chi connectivity index (χ0) is 28.1. The van der Waals surface area contributed by atoms with Gasteiger partial charge in [-0.1, -0.05) is 6.92 Å². The Balaban J connectivity index is 1.43. The number of hydrogen-bond donors (Lipinski definition) is 2. The van der Waals surface area contributed by atoms with Gasteiger partial charge in [0.2, 0.25) is 5.91 Å². The molecule has 3 unspecified atom stereocenters. The highest BCUT2D eigenvalue weighted by Crippen LogP contribution is 2.45. The third-order valence-corrected chi connectivity index (χ3v) is 9.00. The molecule has 8 nitrogen and oxygen atoms in total. The molecule has 2 N–H and O–H groups in total. The smallest absolute Gasteiger partial charge is 0.313 e. The molecule has 0 radical (unpaired) electrons. The lowest BCUT2D eigenvalue weighted by atomic mass is 9.81. The van der Waals surface area contributed by atoms with E-state index in [4.69, 9.17) is 9.72 Å². The van der Waals surface area contributed by atoms with Gasteiger partial charge in [0.1, 0.15) is 12.4 Å². The maximum atomic E-state index is 15.0. The number of nitrogens with zero attached hydrogens (tertiary/aromatic N) is 2. The minimum absolute atomic E-state index is 0.0415. The Bertz CT molecular complexity index is 1720. The fraction of sp³-hybridized carbons (Fsp3) is 0.448. The first-order valence-corrected chi connectivity index (χ1v) is 13.6. The molecule has 208 valence electrons. The Kier molecular flexibility index (Phi) is 5.45. The van der Waals surface area contributed by atoms with Crippen molar-refractivity contribution in [1.29, 1.82) is 0 Å². The summed E-state index contributed by atoms with van der Waals surface area (Å²) in [5.41, 5.74) is 4.70. The zero-order valence-corrected chi connectivity index (χ0v) is 22.0. The molecule has 3 aromatic rings. The van der Waals surface area contributed by atoms with E-state index in [0.717, 1.165) is 5.56 Å². The maximum Gasteiger partial charge on any atom is 0.313 e. The molecule has 7 rings (SSSR count). The fourth-order valence-corrected chi connectivity index (χ4v) is 6.94. The van der Waals surface area contributed by atoms with Gasteiger partial charge in [0.25, 0.3) is 11.5 Å². The van der Waals surface area contributed by atoms with Crippen molar-refractivity contribution >= 4 is 22.8 Å². The van der Waals surface area contributed by atoms with Gasteiger partial charge in [0.15, 0.2) is 6.04 Å². The highest BCUT2D eigenvalue weighted by molar-refractivity contribution is 5.94. The number of pyridine rings is 2. The fourth-order valence-electron chi connectivity index (χ4n) is 6.94. The largest absolute Gasteiger partial charge is 0.460 e. The third kappa shape index (κ3) is 3.42. The molecular formula is C29H27F3N4O4. The van der Waals surface area contributed by atoms with Crippen LogP contribution in [0, 0.1) is 12.7 Å². The first-order valence-electron chi connectivity index (χ1n) is 13.6. The lowest BCUT2D eigenvalue weighted by molar-refractivity contribution is -0.148. The number of rotatable bonds is 3. The molecule has 3 atom stereocenters. The van der Waals surface area contributed by atoms with Crippen LogP contribution in [0.2, 0.25) is 0 Å². The van der Waals surface area contributed by atoms with Crippen LogP contribution >= 0.6 is 0 Å². The minimum Gasteiger partial charge on any atom is -0.460 e. The summed E-state index contributed by atoms with van der Waals surface area (Å²) in [7, 11) is 0. The van der Waals surface area contributed by atoms with Crippen molar-refractivity contribution in [3.63, 3.8) is 0 Å². The topological polar surface area (TPSA) is 102 Å². The van der Waals surface area contributed by atoms with Gasteiger partial charge in [-0.15, -0.1) is 0 Å². The van der Waals surface area contributed by atoms with Gasteiger partial charge in [0.05, 0.1) is 41.0 Å². The average molecular weight is 553 g/mol. The number of aromatic nitrogens is 2. The first kappa shape index (κ1) is 25.3. The predicted octanol–water partition coefficient (Wildman–Crippen LogP) is 3.52. The Morgan fingerprint density at radius 1 is 1.25 bits per heavy atom. The van der Waals surface area contributed by atoms with Gasteiger partial charge in [-0.05, 0) is 54.5 Å². The van der Waals surface area contributed by atoms with Gasteiger partial charge >= 0.3 is 5.97 Å². The third-order valence-electron chi connectivity index (χ3n) is 9.00. The van der Waals surface area contributed by atoms with Crippen molar-refractivity contribution < 1.29 is 27.5 Å². The van der Waals surface area contributed by atoms with Crippen molar-refractivity contribution in [2.24, 2.45) is 0 Å². The highest BCUT2D eigenvalue weighted by atomic mass is 19.3. The Morgan fingerprint density at radius 2 is 2.05 bits per heavy atom. The number of benzene rings is 1. The number of aryl methyl sites for hydroxylation is 1. The van der Waals surface area contributed by atoms with E-state index in [1.807, 2.05) is 6.92 Å². The van der Waals surface area contributed by atoms with E-state index in [9.17, 15) is 23.2 Å². The standard InChI is InChI=1S/C29H27F3N4O4/c1-3-13-15-8-21-24-16(10-36(21)27(38)17(15)11-40-28(13)39)23-19(35-26(37)25-29(31,32)6-7-33-25)5-4-14-12(2)18(30)9-20(34-24)22(14)23/h8-9,13,19,25,33H,3-7,10-11H2,1-2H3,(H,35,37). The molecule has 1 amide bonds. The van der Waals surface area contributed by atoms with E-state index in [1.165, 1.54) is 6.07 Å². The number of hydrogen-bond acceptors (Lipinski definition) is 6. The number of cyclic esters (lactones) is 1. The number of carbonyl (C=O) groups excluding carboxylic acids is 2. The lowest BCUT2D eigenvalue weighted by Gasteiger charge is -2.31. The molecule has 40 heavy (non-hydrogen) atoms. The van der Waals surface area contributed by atoms with Crippen molar-refractivity contribution in [2.45, 2.75) is 76.6 Å². The summed E-state index contributed by atoms with van der Waals surface area (Å²) in [5, 5.41) is 6.14. The Labute approximate surface area is 226 Å². The lowest BCUT2D eigenvalue weighted by Crippen LogP contribution is -2.50. The summed E-state index contributed by atoms with van der Waals surface area (Å²) in [6.45, 7) is 3.62. The van der Waals surface area contributed by atoms with Crippen LogP contribution in [0.15, 0.2) is 16.9 Å². The van der Waals surface area contributed by atoms with Crippen LogP contribution < -0.4 is 16.2 Å². The van der Waals surface area contributed by atoms with Crippen LogP contribution in [0.25, 0.3) is 22.3 Å². The van der Waals surface area contributed by atoms with Crippen molar-refractivity contribution in [3.8, 4) is 11.4 Å². The Hall–Kier alpha value is -3.73. The second kappa shape index (κ2) is 8.63. The second-order valence-corrected chi connectivity index (χ2v) is 11.1. The minimum atomic E-state index is -3.16. The van der Waals surface area contributed by atoms with E-state index in [0.29, 0.717) is 69.4 Å². The summed E-state index contributed by atoms with van der Waals surface area (Å²) in [6.07, 6.45) is 0.861. The number of ether oxygens (including phenoxy) is 1. The molecular weight excluding hydrogens is 525 g/mol. The number of halogens is 3. The highest BCUT2D eigenvalue weighted by Gasteiger charge is 2.49. The zero-order valence-electron chi connectivity index (χ0n) is 22.0. The molecule has 11 heteroatoms. The molecule has 4 aliphatic rings. The molecule has 5 heterocycles. The molecule has 0 spiro atoms. The maximum absolute atomic E-state index is 15.0. The first-order chi connectivity index (χ1) is 19.1. The van der Waals surface area contributed by atoms with E-state index in [2.05, 4.69) is 10.6 Å². The van der Waals surface area contributed by atoms with Crippen molar-refractivity contribution in [1.82, 2.24) is 20.2 Å². The van der Waals surface area contributed by atoms with Gasteiger partial charge in [-0.2, -0.15) is 0 Å². The van der Waals surface area contributed by atoms with Crippen LogP contribution in [-0.2, 0) is 33.9 Å². The van der Waals surface area contributed by atoms with Crippen LogP contribution in [-0.4, -0.2) is 39.9 Å². The van der Waals surface area contributed by atoms with E-state index in [1.54, 1.807) is 17.6 Å². The van der Waals surface area contributed by atoms with Crippen molar-refractivity contribution in [2.75, 3.05) is 6.54 Å². The molecule has 1 aliphatic carbocycles. The molecule has 0 bridgehead atoms. The van der Waals surface area contributed by atoms with Crippen molar-refractivity contribution in [3.05, 3.63) is 61.7 Å². The van der Waals surface area contributed by atoms with E-state index < -0.39 is 42.1 Å². The summed E-state index contributed by atoms with van der Waals surface area (Å²) in [5.74, 6) is -5.33. The van der Waals surface area contributed by atoms with Crippen LogP contribution in [0.1, 0.15) is 71.5 Å². The number of esters is 1. The van der Waals surface area contributed by atoms with Crippen LogP contribution in [0.5, 0.6) is 0 Å². The Morgan fingerprint density at radius 3 is 2.77 bits per heavy atom. The summed E-state index contributed by atoms with van der Waals surface area (Å²) < 4.78 is 50.7. The molecule has 0 saturated carbocycles. The molecule has 3 aliphatic heterocycles. The van der Waals surface area contributed by atoms with E-state index in [-0.39, 0.29) is 31.2 Å². The summed E-state index contributed by atoms with van der Waals surface area (Å²) in [6, 6.07) is 0.882. The van der Waals surface area contributed by atoms with E-state index >= 15 is 4.39 Å². The molecule has 2 aromatic heterocycles. The number of fused-ring (bicyclic) bond motifs is 5. The number of amides is 1. The number of carbonyl (C=O) groups is 2. The van der Waals surface area contributed by atoms with Gasteiger partial charge in [0, 0.05) is 30.0 Å². The predicted molar refractivity (Wildman–Crippen MR) is 139 cm³/mol. The van der Waals surface area contributed by atoms with Gasteiger partial charge in [-0.25, -0.2) is 18.2 Å². The summed E-state index contributed by atoms with van der Waals surface area (Å²) in [4.78, 5) is 44.0. The normalized spacial score (nSPS) is 23.9. The SMILES string of the molecule is CCC1C(=O)OCc2c1cc1n(c2=O)Cc2c-1nc1cc(F)c(C)c3c1c2C(NC(=O)C1NCCC1(F)F)CC3. The van der Waals surface area contributed by atoms with Gasteiger partial charge < -0.3 is 19.9 Å². The molecule has 1 aromatic carbocycles. The average Bonchev–Trinajstić information content (AvgIpc) is 3.47. The monoisotopic (exact) mass is 552 g/mol. The number of alkyl halides is 2. The quantitative estimate of drug-likeness (QED) is 0.377. The molecule has 1 fully saturated rings. The second-order valence-electron chi connectivity index (χ2n) is 11.1. The van der Waals surface area contributed by atoms with Crippen LogP contribution in [0.3, 0.4) is 0 Å². The number of nitrogens with one attached hydrogen (secondary N) is 2. The van der Waals surface area contributed by atoms with Gasteiger partial charge in [-0.3, -0.25) is 14.4 Å². The molecule has 1 saturated heterocycles.